The highest BCUT2D eigenvalue weighted by molar-refractivity contribution is 6.00. The SMILES string of the molecule is Cc1ccc2c(c1)C(C)(C)c1cc(F)ccc1-2.Cc1ccc2c(c1)C(c1ccccc1)(c1ccccc1)c1cc(F)ccc1-2.Cc1ccc2c(c1)C1(c3ccccc3-c3ccccc31)c1cc(F)ccc1-2.Cc1cccc(-c2ccc3c(c2)C2(c4ccccc4-c4ccccc42)c2ccccc2-3)c1.Cc1ccccc1-c1ccc2c(c1)C1(c3ccccc3-c3ccccc31)c1ccccc1-2. The van der Waals surface area contributed by atoms with Gasteiger partial charge in [-0.2, -0.15) is 0 Å². The molecular weight excluding hydrogens is 1640 g/mol. The first-order valence-corrected chi connectivity index (χ1v) is 47.1. The minimum absolute atomic E-state index is 0.0984. The zero-order valence-electron chi connectivity index (χ0n) is 76.4. The van der Waals surface area contributed by atoms with Crippen molar-refractivity contribution in [2.24, 2.45) is 0 Å². The third-order valence-corrected chi connectivity index (χ3v) is 30.5. The first kappa shape index (κ1) is 82.3. The van der Waals surface area contributed by atoms with Crippen LogP contribution in [-0.2, 0) is 27.1 Å². The summed E-state index contributed by atoms with van der Waals surface area (Å²) in [6.45, 7) is 15.0. The zero-order chi connectivity index (χ0) is 91.4. The number of aryl methyl sites for hydroxylation is 5. The molecule has 0 unspecified atom stereocenters. The second-order valence-electron chi connectivity index (χ2n) is 38.1. The predicted molar refractivity (Wildman–Crippen MR) is 550 cm³/mol. The van der Waals surface area contributed by atoms with Gasteiger partial charge in [-0.1, -0.05) is 436 Å². The number of hydrogen-bond donors (Lipinski definition) is 0. The molecule has 3 spiro atoms. The summed E-state index contributed by atoms with van der Waals surface area (Å²) in [4.78, 5) is 0. The van der Waals surface area contributed by atoms with Crippen LogP contribution >= 0.6 is 0 Å². The lowest BCUT2D eigenvalue weighted by Crippen LogP contribution is -2.28. The highest BCUT2D eigenvalue weighted by atomic mass is 19.1. The second-order valence-corrected chi connectivity index (χ2v) is 38.1. The summed E-state index contributed by atoms with van der Waals surface area (Å²) in [5.74, 6) is -0.532. The fourth-order valence-corrected chi connectivity index (χ4v) is 24.9. The number of benzene rings is 20. The topological polar surface area (TPSA) is 0 Å². The van der Waals surface area contributed by atoms with Gasteiger partial charge in [0.15, 0.2) is 0 Å². The van der Waals surface area contributed by atoms with Crippen molar-refractivity contribution in [3.63, 3.8) is 0 Å². The molecule has 135 heavy (non-hydrogen) atoms. The van der Waals surface area contributed by atoms with Crippen molar-refractivity contribution in [2.45, 2.75) is 75.5 Å². The third-order valence-electron chi connectivity index (χ3n) is 30.5. The molecule has 0 atom stereocenters. The maximum Gasteiger partial charge on any atom is 0.123 e. The van der Waals surface area contributed by atoms with Crippen LogP contribution in [0, 0.1) is 52.1 Å². The first-order valence-electron chi connectivity index (χ1n) is 47.1. The van der Waals surface area contributed by atoms with E-state index in [1.54, 1.807) is 36.4 Å². The van der Waals surface area contributed by atoms with Gasteiger partial charge >= 0.3 is 0 Å². The summed E-state index contributed by atoms with van der Waals surface area (Å²) < 4.78 is 42.3. The fourth-order valence-electron chi connectivity index (χ4n) is 24.9. The Bertz CT molecular complexity index is 7790. The van der Waals surface area contributed by atoms with Crippen molar-refractivity contribution in [2.75, 3.05) is 0 Å². The van der Waals surface area contributed by atoms with Crippen molar-refractivity contribution in [3.8, 4) is 111 Å². The van der Waals surface area contributed by atoms with Gasteiger partial charge in [-0.3, -0.25) is 0 Å². The number of hydrogen-bond acceptors (Lipinski definition) is 0. The molecule has 0 nitrogen and oxygen atoms in total. The van der Waals surface area contributed by atoms with E-state index in [0.29, 0.717) is 0 Å². The molecule has 28 rings (SSSR count). The van der Waals surface area contributed by atoms with E-state index >= 15 is 0 Å². The van der Waals surface area contributed by atoms with Crippen molar-refractivity contribution in [1.82, 2.24) is 0 Å². The molecule has 0 aromatic heterocycles. The Hall–Kier alpha value is -15.8. The van der Waals surface area contributed by atoms with Gasteiger partial charge in [0.25, 0.3) is 0 Å². The van der Waals surface area contributed by atoms with Gasteiger partial charge in [-0.05, 0) is 300 Å². The van der Waals surface area contributed by atoms with Crippen molar-refractivity contribution in [1.29, 1.82) is 0 Å². The molecule has 0 radical (unpaired) electrons. The first-order chi connectivity index (χ1) is 66.0. The summed E-state index contributed by atoms with van der Waals surface area (Å²) >= 11 is 0. The van der Waals surface area contributed by atoms with Gasteiger partial charge in [-0.25, -0.2) is 13.2 Å². The van der Waals surface area contributed by atoms with Crippen LogP contribution in [0.5, 0.6) is 0 Å². The zero-order valence-corrected chi connectivity index (χ0v) is 76.4. The molecule has 0 N–H and O–H groups in total. The molecule has 3 heteroatoms. The van der Waals surface area contributed by atoms with E-state index in [2.05, 4.69) is 431 Å². The van der Waals surface area contributed by atoms with Crippen LogP contribution in [0.1, 0.15) is 142 Å². The van der Waals surface area contributed by atoms with Crippen LogP contribution < -0.4 is 0 Å². The molecule has 0 amide bonds. The lowest BCUT2D eigenvalue weighted by molar-refractivity contribution is 0.609. The van der Waals surface area contributed by atoms with Gasteiger partial charge in [-0.15, -0.1) is 0 Å². The molecule has 8 aliphatic rings. The minimum atomic E-state index is -0.513. The number of fused-ring (bicyclic) bond motifs is 36. The second kappa shape index (κ2) is 31.7. The molecule has 644 valence electrons. The molecule has 0 aliphatic heterocycles. The van der Waals surface area contributed by atoms with E-state index in [-0.39, 0.29) is 33.7 Å². The van der Waals surface area contributed by atoms with Crippen LogP contribution in [-0.4, -0.2) is 0 Å². The molecule has 0 heterocycles. The summed E-state index contributed by atoms with van der Waals surface area (Å²) in [6, 6.07) is 159. The summed E-state index contributed by atoms with van der Waals surface area (Å²) in [6.07, 6.45) is 0. The molecule has 8 aliphatic carbocycles. The van der Waals surface area contributed by atoms with Gasteiger partial charge < -0.3 is 0 Å². The molecule has 0 bridgehead atoms. The number of rotatable bonds is 4. The van der Waals surface area contributed by atoms with Gasteiger partial charge in [0, 0.05) is 5.41 Å². The van der Waals surface area contributed by atoms with Gasteiger partial charge in [0.2, 0.25) is 0 Å². The normalized spacial score (nSPS) is 14.3. The Morgan fingerprint density at radius 2 is 0.378 bits per heavy atom. The monoisotopic (exact) mass is 1740 g/mol. The standard InChI is InChI=1S/2C32H22.C26H17F.C26H19F.C16H15F/c1-21-9-8-10-22(19-21)23-17-18-27-26-13-4-7-16-30(26)32(31(27)20-23)28-14-5-2-11-24(28)25-12-3-6-15-29(25)32;1-21-10-2-3-11-23(21)22-18-19-27-26-14-6-9-17-30(26)32(31(27)20-22)28-15-7-4-12-24(28)25-13-5-8-16-29(25)32;1-16-10-12-20-21-13-11-17(27)15-25(21)26(24(20)14-16)22-8-4-2-6-18(22)19-7-3-5-9-23(19)26;1-18-12-14-22-23-15-13-21(27)17-25(23)26(24(22)16-18,19-8-4-2-5-9-19)20-10-6-3-7-11-20;1-10-4-6-12-13-7-5-11(17)9-15(13)16(2,3)14(12)8-10/h2*2-20H,1H3;2-15H,1H3;2-17H,1H3;4-9H,1-3H3. The Balaban J connectivity index is 0.0000000937. The highest BCUT2D eigenvalue weighted by Crippen LogP contribution is 2.68. The van der Waals surface area contributed by atoms with Crippen LogP contribution in [0.2, 0.25) is 0 Å². The summed E-state index contributed by atoms with van der Waals surface area (Å²) in [5, 5.41) is 0. The molecular formula is C132H95F3. The largest absolute Gasteiger partial charge is 0.207 e. The van der Waals surface area contributed by atoms with E-state index in [1.165, 1.54) is 200 Å². The summed E-state index contributed by atoms with van der Waals surface area (Å²) in [5.41, 5.74) is 53.2. The fraction of sp³-hybridized carbons (Fsp3) is 0.0909. The Kier molecular flexibility index (Phi) is 19.4. The smallest absolute Gasteiger partial charge is 0.123 e. The van der Waals surface area contributed by atoms with Crippen molar-refractivity contribution in [3.05, 3.63) is 594 Å². The van der Waals surface area contributed by atoms with Crippen LogP contribution in [0.3, 0.4) is 0 Å². The average Bonchev–Trinajstić information content (AvgIpc) is 1.49. The Morgan fingerprint density at radius 3 is 0.741 bits per heavy atom. The molecule has 20 aromatic rings. The molecule has 20 aromatic carbocycles. The maximum atomic E-state index is 14.5. The third kappa shape index (κ3) is 12.2. The van der Waals surface area contributed by atoms with Gasteiger partial charge in [0.1, 0.15) is 17.5 Å². The molecule has 0 fully saturated rings. The minimum Gasteiger partial charge on any atom is -0.207 e. The average molecular weight is 1740 g/mol. The maximum absolute atomic E-state index is 14.5. The number of halogens is 3. The predicted octanol–water partition coefficient (Wildman–Crippen LogP) is 33.4. The van der Waals surface area contributed by atoms with E-state index in [0.717, 1.165) is 38.9 Å². The van der Waals surface area contributed by atoms with E-state index < -0.39 is 10.8 Å². The Morgan fingerprint density at radius 1 is 0.148 bits per heavy atom. The van der Waals surface area contributed by atoms with Crippen LogP contribution in [0.25, 0.3) is 111 Å². The summed E-state index contributed by atoms with van der Waals surface area (Å²) in [7, 11) is 0. The lowest BCUT2D eigenvalue weighted by Gasteiger charge is -2.34. The molecule has 0 saturated carbocycles. The highest BCUT2D eigenvalue weighted by Gasteiger charge is 2.56. The van der Waals surface area contributed by atoms with Crippen molar-refractivity contribution < 1.29 is 13.2 Å². The van der Waals surface area contributed by atoms with E-state index in [1.807, 2.05) is 30.3 Å². The van der Waals surface area contributed by atoms with Crippen molar-refractivity contribution >= 4 is 0 Å². The van der Waals surface area contributed by atoms with Crippen LogP contribution in [0.4, 0.5) is 13.2 Å². The van der Waals surface area contributed by atoms with E-state index in [4.69, 9.17) is 0 Å². The van der Waals surface area contributed by atoms with E-state index in [9.17, 15) is 13.2 Å². The Labute approximate surface area is 788 Å². The quantitative estimate of drug-likeness (QED) is 0.165. The molecule has 0 saturated heterocycles. The van der Waals surface area contributed by atoms with Gasteiger partial charge in [0.05, 0.1) is 21.7 Å². The lowest BCUT2D eigenvalue weighted by atomic mass is 9.67. The van der Waals surface area contributed by atoms with Crippen LogP contribution in [0.15, 0.2) is 449 Å².